The average Bonchev–Trinajstić information content (AvgIpc) is 3.60. The number of amides is 3. The summed E-state index contributed by atoms with van der Waals surface area (Å²) < 4.78 is 5.51. The highest BCUT2D eigenvalue weighted by atomic mass is 35.5. The molecule has 4 fully saturated rings. The van der Waals surface area contributed by atoms with Crippen LogP contribution < -0.4 is 14.5 Å². The maximum Gasteiger partial charge on any atom is 0.316 e. The summed E-state index contributed by atoms with van der Waals surface area (Å²) in [6, 6.07) is 11.2. The topological polar surface area (TPSA) is 84.0 Å². The molecule has 0 unspecified atom stereocenters. The number of benzene rings is 2. The average molecular weight is 513 g/mol. The van der Waals surface area contributed by atoms with Gasteiger partial charge in [0.25, 0.3) is 0 Å². The van der Waals surface area contributed by atoms with Gasteiger partial charge in [-0.15, -0.1) is 0 Å². The number of imide groups is 1. The summed E-state index contributed by atoms with van der Waals surface area (Å²) >= 11 is 12.3. The molecule has 2 aromatic carbocycles. The molecule has 2 saturated carbocycles. The van der Waals surface area contributed by atoms with E-state index in [1.54, 1.807) is 42.5 Å². The summed E-state index contributed by atoms with van der Waals surface area (Å²) in [5.74, 6) is -1.10. The van der Waals surface area contributed by atoms with Gasteiger partial charge in [0.05, 0.1) is 34.2 Å². The Kier molecular flexibility index (Phi) is 5.38. The molecule has 2 heterocycles. The van der Waals surface area contributed by atoms with Crippen LogP contribution in [0.25, 0.3) is 0 Å². The first-order chi connectivity index (χ1) is 16.8. The molecule has 6 rings (SSSR count). The highest BCUT2D eigenvalue weighted by Gasteiger charge is 2.61. The molecule has 9 heteroatoms. The van der Waals surface area contributed by atoms with E-state index in [4.69, 9.17) is 27.9 Å². The Morgan fingerprint density at radius 2 is 1.57 bits per heavy atom. The Morgan fingerprint density at radius 3 is 2.23 bits per heavy atom. The summed E-state index contributed by atoms with van der Waals surface area (Å²) in [6.07, 6.45) is 3.04. The number of rotatable bonds is 4. The van der Waals surface area contributed by atoms with Gasteiger partial charge in [0.1, 0.15) is 5.75 Å². The Labute approximate surface area is 211 Å². The molecule has 7 nitrogen and oxygen atoms in total. The van der Waals surface area contributed by atoms with Gasteiger partial charge in [-0.05, 0) is 73.6 Å². The van der Waals surface area contributed by atoms with Crippen molar-refractivity contribution in [3.05, 3.63) is 52.5 Å². The smallest absolute Gasteiger partial charge is 0.316 e. The predicted molar refractivity (Wildman–Crippen MR) is 129 cm³/mol. The Bertz CT molecular complexity index is 1230. The van der Waals surface area contributed by atoms with Crippen molar-refractivity contribution in [2.24, 2.45) is 29.6 Å². The van der Waals surface area contributed by atoms with Crippen LogP contribution in [0.15, 0.2) is 42.5 Å². The Balaban J connectivity index is 1.13. The zero-order valence-electron chi connectivity index (χ0n) is 18.7. The van der Waals surface area contributed by atoms with Crippen molar-refractivity contribution in [2.45, 2.75) is 25.7 Å². The van der Waals surface area contributed by atoms with Crippen molar-refractivity contribution in [3.63, 3.8) is 0 Å². The zero-order chi connectivity index (χ0) is 24.4. The van der Waals surface area contributed by atoms with Gasteiger partial charge >= 0.3 is 5.97 Å². The van der Waals surface area contributed by atoms with Crippen molar-refractivity contribution in [3.8, 4) is 5.75 Å². The van der Waals surface area contributed by atoms with Crippen LogP contribution in [0.5, 0.6) is 5.75 Å². The molecule has 2 aliphatic heterocycles. The summed E-state index contributed by atoms with van der Waals surface area (Å²) in [5.41, 5.74) is 0.952. The minimum atomic E-state index is -0.659. The second-order valence-electron chi connectivity index (χ2n) is 9.81. The number of nitrogens with zero attached hydrogens (tertiary/aromatic N) is 2. The Hall–Kier alpha value is -2.90. The lowest BCUT2D eigenvalue weighted by Gasteiger charge is -2.19. The van der Waals surface area contributed by atoms with Crippen LogP contribution in [0.2, 0.25) is 10.0 Å². The third-order valence-electron chi connectivity index (χ3n) is 7.90. The fourth-order valence-corrected chi connectivity index (χ4v) is 6.70. The van der Waals surface area contributed by atoms with Crippen molar-refractivity contribution in [2.75, 3.05) is 16.3 Å². The van der Waals surface area contributed by atoms with Crippen LogP contribution >= 0.6 is 23.2 Å². The third kappa shape index (κ3) is 3.64. The fourth-order valence-electron chi connectivity index (χ4n) is 6.32. The van der Waals surface area contributed by atoms with Gasteiger partial charge in [0.15, 0.2) is 0 Å². The van der Waals surface area contributed by atoms with Gasteiger partial charge in [-0.25, -0.2) is 0 Å². The van der Waals surface area contributed by atoms with Crippen LogP contribution in [-0.4, -0.2) is 30.2 Å². The highest BCUT2D eigenvalue weighted by molar-refractivity contribution is 6.36. The molecule has 0 N–H and O–H groups in total. The number of hydrogen-bond acceptors (Lipinski definition) is 5. The molecule has 3 amide bonds. The summed E-state index contributed by atoms with van der Waals surface area (Å²) in [6.45, 7) is 0.137. The lowest BCUT2D eigenvalue weighted by atomic mass is 9.81. The first-order valence-corrected chi connectivity index (χ1v) is 12.5. The number of carbonyl (C=O) groups is 4. The van der Waals surface area contributed by atoms with Gasteiger partial charge in [-0.3, -0.25) is 24.1 Å². The number of fused-ring (bicyclic) bond motifs is 5. The van der Waals surface area contributed by atoms with E-state index in [2.05, 4.69) is 0 Å². The molecule has 5 atom stereocenters. The van der Waals surface area contributed by atoms with E-state index in [9.17, 15) is 19.2 Å². The third-order valence-corrected chi connectivity index (χ3v) is 8.45. The van der Waals surface area contributed by atoms with Crippen molar-refractivity contribution in [1.82, 2.24) is 0 Å². The van der Waals surface area contributed by atoms with Crippen LogP contribution in [0, 0.1) is 29.6 Å². The standard InChI is InChI=1S/C26H22Cl2N2O5/c27-16-3-8-19(28)20(11-16)29-12-15(10-21(29)31)26(34)35-18-6-4-17(5-7-18)30-24(32)22-13-1-2-14(9-13)23(22)25(30)33/h3-8,11,13-15,22-23H,1-2,9-10,12H2/t13-,14-,15-,22-,23+/m0/s1. The van der Waals surface area contributed by atoms with Crippen LogP contribution in [0.1, 0.15) is 25.7 Å². The quantitative estimate of drug-likeness (QED) is 0.342. The van der Waals surface area contributed by atoms with Crippen molar-refractivity contribution in [1.29, 1.82) is 0 Å². The number of ether oxygens (including phenoxy) is 1. The maximum atomic E-state index is 13.0. The second kappa shape index (κ2) is 8.35. The number of anilines is 2. The molecular formula is C26H22Cl2N2O5. The molecular weight excluding hydrogens is 491 g/mol. The number of hydrogen-bond donors (Lipinski definition) is 0. The largest absolute Gasteiger partial charge is 0.426 e. The number of esters is 1. The molecule has 0 spiro atoms. The lowest BCUT2D eigenvalue weighted by molar-refractivity contribution is -0.139. The van der Waals surface area contributed by atoms with Gasteiger partial charge < -0.3 is 9.64 Å². The first-order valence-electron chi connectivity index (χ1n) is 11.8. The molecule has 0 radical (unpaired) electrons. The molecule has 0 aromatic heterocycles. The van der Waals surface area contributed by atoms with Gasteiger partial charge in [0, 0.05) is 18.0 Å². The zero-order valence-corrected chi connectivity index (χ0v) is 20.2. The van der Waals surface area contributed by atoms with Crippen LogP contribution in [0.3, 0.4) is 0 Å². The molecule has 180 valence electrons. The molecule has 2 saturated heterocycles. The molecule has 2 bridgehead atoms. The monoisotopic (exact) mass is 512 g/mol. The normalized spacial score (nSPS) is 29.3. The van der Waals surface area contributed by atoms with Gasteiger partial charge in [-0.2, -0.15) is 0 Å². The summed E-state index contributed by atoms with van der Waals surface area (Å²) in [7, 11) is 0. The first kappa shape index (κ1) is 22.6. The van der Waals surface area contributed by atoms with Gasteiger partial charge in [-0.1, -0.05) is 23.2 Å². The van der Waals surface area contributed by atoms with E-state index in [-0.39, 0.29) is 48.3 Å². The van der Waals surface area contributed by atoms with E-state index in [1.807, 2.05) is 0 Å². The highest BCUT2D eigenvalue weighted by Crippen LogP contribution is 2.56. The SMILES string of the molecule is O=C(Oc1ccc(N2C(=O)[C@@H]3[C@H]4CC[C@@H](C4)[C@@H]3C2=O)cc1)[C@H]1CC(=O)N(c2cc(Cl)ccc2Cl)C1. The molecule has 2 aliphatic carbocycles. The lowest BCUT2D eigenvalue weighted by Crippen LogP contribution is -2.32. The molecule has 2 aromatic rings. The molecule has 4 aliphatic rings. The van der Waals surface area contributed by atoms with E-state index in [0.29, 0.717) is 33.3 Å². The summed E-state index contributed by atoms with van der Waals surface area (Å²) in [5, 5.41) is 0.810. The van der Waals surface area contributed by atoms with Gasteiger partial charge in [0.2, 0.25) is 17.7 Å². The van der Waals surface area contributed by atoms with Crippen molar-refractivity contribution < 1.29 is 23.9 Å². The minimum Gasteiger partial charge on any atom is -0.426 e. The summed E-state index contributed by atoms with van der Waals surface area (Å²) in [4.78, 5) is 54.1. The van der Waals surface area contributed by atoms with Crippen LogP contribution in [0.4, 0.5) is 11.4 Å². The minimum absolute atomic E-state index is 0.00164. The fraction of sp³-hybridized carbons (Fsp3) is 0.385. The van der Waals surface area contributed by atoms with E-state index in [0.717, 1.165) is 19.3 Å². The van der Waals surface area contributed by atoms with Crippen LogP contribution in [-0.2, 0) is 19.2 Å². The van der Waals surface area contributed by atoms with E-state index < -0.39 is 11.9 Å². The molecule has 35 heavy (non-hydrogen) atoms. The number of carbonyl (C=O) groups excluding carboxylic acids is 4. The second-order valence-corrected chi connectivity index (χ2v) is 10.7. The predicted octanol–water partition coefficient (Wildman–Crippen LogP) is 4.49. The number of halogens is 2. The van der Waals surface area contributed by atoms with Crippen molar-refractivity contribution >= 4 is 58.3 Å². The van der Waals surface area contributed by atoms with E-state index in [1.165, 1.54) is 9.80 Å². The van der Waals surface area contributed by atoms with E-state index >= 15 is 0 Å². The Morgan fingerprint density at radius 1 is 0.914 bits per heavy atom. The maximum absolute atomic E-state index is 13.0.